The molecule has 8 nitrogen and oxygen atoms in total. The normalized spacial score (nSPS) is 26.3. The number of hydrogen-bond acceptors (Lipinski definition) is 6. The molecule has 2 aliphatic heterocycles. The van der Waals surface area contributed by atoms with Crippen molar-refractivity contribution in [3.8, 4) is 0 Å². The standard InChI is InChI=1S/C28H38FN3O5/c1-3-5-9-20(10-6-14-29)17-30-15-7-11-23-25(35)19-31(18-22(33)8-4-2)27(21-12-13-21)32(23)28(37)24(34)16-26(30)36/h5-6,9-11,14,16,21-22,27,33-34H,3-4,7-8,12-13,15,17-19H2,1-2H3/b9-5+,14-6+,20-10+,23-11+,24-16-. The summed E-state index contributed by atoms with van der Waals surface area (Å²) < 4.78 is 12.6. The molecule has 2 amide bonds. The number of β-amino-alcohol motifs (C(OH)–C–C–N with tert-alkyl or cyclic N) is 1. The molecule has 2 heterocycles. The van der Waals surface area contributed by atoms with E-state index in [0.29, 0.717) is 24.7 Å². The largest absolute Gasteiger partial charge is 0.503 e. The zero-order valence-electron chi connectivity index (χ0n) is 21.7. The minimum absolute atomic E-state index is 0.0783. The molecule has 0 radical (unpaired) electrons. The Labute approximate surface area is 218 Å². The third-order valence-electron chi connectivity index (χ3n) is 6.71. The number of amides is 2. The Hall–Kier alpha value is -3.04. The predicted molar refractivity (Wildman–Crippen MR) is 139 cm³/mol. The maximum atomic E-state index is 13.5. The van der Waals surface area contributed by atoms with E-state index >= 15 is 0 Å². The van der Waals surface area contributed by atoms with Crippen LogP contribution in [-0.2, 0) is 14.4 Å². The highest BCUT2D eigenvalue weighted by Crippen LogP contribution is 2.41. The van der Waals surface area contributed by atoms with Crippen LogP contribution in [0.25, 0.3) is 0 Å². The SMILES string of the molecule is CC/C=C/C(=C\C=C\F)CN1CC/C=C2\C(=O)CN(CC(O)CCC)C(C3CC3)N2C(=O)/C(O)=C/C1=O. The summed E-state index contributed by atoms with van der Waals surface area (Å²) >= 11 is 0. The molecule has 2 N–H and O–H groups in total. The molecule has 0 aromatic rings. The van der Waals surface area contributed by atoms with Gasteiger partial charge in [0.2, 0.25) is 0 Å². The number of fused-ring (bicyclic) bond motifs is 1. The van der Waals surface area contributed by atoms with Crippen LogP contribution in [0, 0.1) is 5.92 Å². The van der Waals surface area contributed by atoms with Crippen molar-refractivity contribution in [3.63, 3.8) is 0 Å². The molecule has 1 saturated carbocycles. The summed E-state index contributed by atoms with van der Waals surface area (Å²) in [4.78, 5) is 44.4. The topological polar surface area (TPSA) is 101 Å². The van der Waals surface area contributed by atoms with E-state index in [4.69, 9.17) is 0 Å². The number of Topliss-reactive ketones (excluding diaryl/α,β-unsaturated/α-hetero) is 1. The van der Waals surface area contributed by atoms with Gasteiger partial charge in [0.25, 0.3) is 11.8 Å². The first-order chi connectivity index (χ1) is 17.8. The summed E-state index contributed by atoms with van der Waals surface area (Å²) in [5.74, 6) is -2.23. The van der Waals surface area contributed by atoms with E-state index in [2.05, 4.69) is 0 Å². The molecule has 3 aliphatic rings. The first-order valence-corrected chi connectivity index (χ1v) is 13.1. The number of aliphatic hydroxyl groups is 2. The molecule has 0 spiro atoms. The molecular formula is C28H38FN3O5. The number of rotatable bonds is 10. The van der Waals surface area contributed by atoms with Crippen molar-refractivity contribution in [1.29, 1.82) is 0 Å². The van der Waals surface area contributed by atoms with Gasteiger partial charge in [-0.05, 0) is 49.7 Å². The van der Waals surface area contributed by atoms with Crippen molar-refractivity contribution in [1.82, 2.24) is 14.7 Å². The molecule has 2 unspecified atom stereocenters. The number of ketones is 1. The van der Waals surface area contributed by atoms with Gasteiger partial charge in [-0.25, -0.2) is 4.39 Å². The summed E-state index contributed by atoms with van der Waals surface area (Å²) in [6.45, 7) is 4.65. The van der Waals surface area contributed by atoms with Gasteiger partial charge in [0.05, 0.1) is 36.9 Å². The maximum Gasteiger partial charge on any atom is 0.294 e. The van der Waals surface area contributed by atoms with Gasteiger partial charge in [-0.3, -0.25) is 24.2 Å². The monoisotopic (exact) mass is 515 g/mol. The number of nitrogens with zero attached hydrogens (tertiary/aromatic N) is 3. The third kappa shape index (κ3) is 7.49. The van der Waals surface area contributed by atoms with Crippen molar-refractivity contribution in [2.24, 2.45) is 5.92 Å². The second-order valence-electron chi connectivity index (χ2n) is 9.76. The van der Waals surface area contributed by atoms with Gasteiger partial charge in [-0.2, -0.15) is 0 Å². The quantitative estimate of drug-likeness (QED) is 0.432. The number of carbonyl (C=O) groups excluding carboxylic acids is 3. The lowest BCUT2D eigenvalue weighted by atomic mass is 10.0. The number of carbonyl (C=O) groups is 3. The Morgan fingerprint density at radius 3 is 2.65 bits per heavy atom. The van der Waals surface area contributed by atoms with E-state index < -0.39 is 29.8 Å². The fourth-order valence-corrected chi connectivity index (χ4v) is 4.84. The summed E-state index contributed by atoms with van der Waals surface area (Å²) in [7, 11) is 0. The predicted octanol–water partition coefficient (Wildman–Crippen LogP) is 3.53. The average Bonchev–Trinajstić information content (AvgIpc) is 3.69. The molecule has 9 heteroatoms. The Morgan fingerprint density at radius 1 is 1.24 bits per heavy atom. The van der Waals surface area contributed by atoms with Gasteiger partial charge >= 0.3 is 0 Å². The highest BCUT2D eigenvalue weighted by Gasteiger charge is 2.48. The fourth-order valence-electron chi connectivity index (χ4n) is 4.84. The molecule has 3 rings (SSSR count). The number of hydrogen-bond donors (Lipinski definition) is 2. The molecule has 2 fully saturated rings. The van der Waals surface area contributed by atoms with Gasteiger partial charge in [0.1, 0.15) is 0 Å². The minimum atomic E-state index is -0.802. The third-order valence-corrected chi connectivity index (χ3v) is 6.71. The van der Waals surface area contributed by atoms with E-state index in [9.17, 15) is 29.0 Å². The first kappa shape index (κ1) is 28.5. The molecule has 37 heavy (non-hydrogen) atoms. The van der Waals surface area contributed by atoms with Crippen LogP contribution in [0.4, 0.5) is 4.39 Å². The highest BCUT2D eigenvalue weighted by atomic mass is 19.1. The van der Waals surface area contributed by atoms with Crippen molar-refractivity contribution >= 4 is 17.6 Å². The van der Waals surface area contributed by atoms with E-state index in [1.165, 1.54) is 15.9 Å². The molecule has 0 aromatic carbocycles. The van der Waals surface area contributed by atoms with Gasteiger partial charge in [-0.1, -0.05) is 44.6 Å². The lowest BCUT2D eigenvalue weighted by Crippen LogP contribution is -2.60. The number of allylic oxidation sites excluding steroid dienone is 3. The lowest BCUT2D eigenvalue weighted by molar-refractivity contribution is -0.144. The second-order valence-corrected chi connectivity index (χ2v) is 9.76. The van der Waals surface area contributed by atoms with E-state index in [1.54, 1.807) is 18.2 Å². The van der Waals surface area contributed by atoms with Crippen LogP contribution >= 0.6 is 0 Å². The second kappa shape index (κ2) is 13.5. The van der Waals surface area contributed by atoms with Crippen LogP contribution in [0.2, 0.25) is 0 Å². The Bertz CT molecular complexity index is 1010. The molecule has 1 saturated heterocycles. The minimum Gasteiger partial charge on any atom is -0.503 e. The van der Waals surface area contributed by atoms with Crippen LogP contribution < -0.4 is 0 Å². The van der Waals surface area contributed by atoms with Gasteiger partial charge in [0, 0.05) is 19.6 Å². The highest BCUT2D eigenvalue weighted by molar-refractivity contribution is 6.06. The molecule has 0 bridgehead atoms. The Morgan fingerprint density at radius 2 is 2.00 bits per heavy atom. The van der Waals surface area contributed by atoms with Crippen molar-refractivity contribution in [2.45, 2.75) is 64.6 Å². The zero-order chi connectivity index (χ0) is 26.9. The molecule has 1 aliphatic carbocycles. The summed E-state index contributed by atoms with van der Waals surface area (Å²) in [5, 5.41) is 21.2. The molecule has 0 aromatic heterocycles. The zero-order valence-corrected chi connectivity index (χ0v) is 21.7. The number of halogens is 1. The van der Waals surface area contributed by atoms with Crippen LogP contribution in [-0.4, -0.2) is 81.0 Å². The van der Waals surface area contributed by atoms with E-state index in [-0.39, 0.29) is 43.6 Å². The molecule has 202 valence electrons. The Kier molecular flexibility index (Phi) is 10.4. The van der Waals surface area contributed by atoms with Gasteiger partial charge < -0.3 is 15.1 Å². The van der Waals surface area contributed by atoms with Crippen LogP contribution in [0.15, 0.2) is 59.8 Å². The van der Waals surface area contributed by atoms with Crippen LogP contribution in [0.3, 0.4) is 0 Å². The molecule has 2 atom stereocenters. The summed E-state index contributed by atoms with van der Waals surface area (Å²) in [5.41, 5.74) is 0.901. The average molecular weight is 516 g/mol. The van der Waals surface area contributed by atoms with Gasteiger partial charge in [-0.15, -0.1) is 0 Å². The maximum absolute atomic E-state index is 13.5. The van der Waals surface area contributed by atoms with Crippen molar-refractivity contribution < 1.29 is 29.0 Å². The summed E-state index contributed by atoms with van der Waals surface area (Å²) in [6, 6.07) is 0. The first-order valence-electron chi connectivity index (χ1n) is 13.1. The van der Waals surface area contributed by atoms with Gasteiger partial charge in [0.15, 0.2) is 11.5 Å². The van der Waals surface area contributed by atoms with Crippen LogP contribution in [0.1, 0.15) is 52.4 Å². The number of aliphatic hydroxyl groups excluding tert-OH is 2. The smallest absolute Gasteiger partial charge is 0.294 e. The van der Waals surface area contributed by atoms with E-state index in [0.717, 1.165) is 31.8 Å². The van der Waals surface area contributed by atoms with Crippen molar-refractivity contribution in [2.75, 3.05) is 26.2 Å². The molecular weight excluding hydrogens is 477 g/mol. The Balaban J connectivity index is 1.92. The van der Waals surface area contributed by atoms with Crippen LogP contribution in [0.5, 0.6) is 0 Å². The van der Waals surface area contributed by atoms with E-state index in [1.807, 2.05) is 24.8 Å². The summed E-state index contributed by atoms with van der Waals surface area (Å²) in [6.07, 6.45) is 12.6. The fraction of sp³-hybridized carbons (Fsp3) is 0.536. The lowest BCUT2D eigenvalue weighted by Gasteiger charge is -2.45. The van der Waals surface area contributed by atoms with Crippen molar-refractivity contribution in [3.05, 3.63) is 59.8 Å².